The highest BCUT2D eigenvalue weighted by molar-refractivity contribution is 9.10. The summed E-state index contributed by atoms with van der Waals surface area (Å²) in [6.45, 7) is 2.97. The van der Waals surface area contributed by atoms with Gasteiger partial charge >= 0.3 is 5.97 Å². The maximum atomic E-state index is 13.6. The van der Waals surface area contributed by atoms with Crippen molar-refractivity contribution in [1.82, 2.24) is 5.32 Å². The first-order valence-corrected chi connectivity index (χ1v) is 6.07. The zero-order valence-corrected chi connectivity index (χ0v) is 11.5. The lowest BCUT2D eigenvalue weighted by molar-refractivity contribution is -0.146. The van der Waals surface area contributed by atoms with Crippen LogP contribution >= 0.6 is 15.9 Å². The zero-order chi connectivity index (χ0) is 13.9. The molecule has 0 saturated carbocycles. The van der Waals surface area contributed by atoms with Crippen molar-refractivity contribution in [3.63, 3.8) is 0 Å². The molecule has 1 aromatic rings. The Morgan fingerprint density at radius 1 is 1.50 bits per heavy atom. The summed E-state index contributed by atoms with van der Waals surface area (Å²) in [4.78, 5) is 22.0. The first-order valence-electron chi connectivity index (χ1n) is 5.28. The van der Waals surface area contributed by atoms with Crippen LogP contribution in [0.2, 0.25) is 0 Å². The van der Waals surface area contributed by atoms with E-state index in [-0.39, 0.29) is 6.54 Å². The summed E-state index contributed by atoms with van der Waals surface area (Å²) in [5, 5.41) is 11.1. The number of aliphatic carboxylic acids is 1. The Kier molecular flexibility index (Phi) is 4.84. The largest absolute Gasteiger partial charge is 0.481 e. The van der Waals surface area contributed by atoms with Crippen molar-refractivity contribution in [1.29, 1.82) is 0 Å². The maximum Gasteiger partial charge on any atom is 0.315 e. The van der Waals surface area contributed by atoms with Gasteiger partial charge in [-0.25, -0.2) is 4.39 Å². The Labute approximate surface area is 112 Å². The zero-order valence-electron chi connectivity index (χ0n) is 9.96. The van der Waals surface area contributed by atoms with E-state index >= 15 is 0 Å². The van der Waals surface area contributed by atoms with Crippen molar-refractivity contribution in [3.8, 4) is 0 Å². The van der Waals surface area contributed by atoms with Gasteiger partial charge in [-0.1, -0.05) is 15.9 Å². The molecule has 1 amide bonds. The molecule has 0 saturated heterocycles. The van der Waals surface area contributed by atoms with Gasteiger partial charge in [-0.2, -0.15) is 0 Å². The smallest absolute Gasteiger partial charge is 0.315 e. The quantitative estimate of drug-likeness (QED) is 0.837. The fourth-order valence-electron chi connectivity index (χ4n) is 1.40. The van der Waals surface area contributed by atoms with Crippen LogP contribution in [0.15, 0.2) is 16.6 Å². The standard InChI is InChI=1S/C12H13BrFNO3/c1-6-3-8(13)4-10(14)9(6)5-15-11(16)7(2)12(17)18/h3-4,7H,5H2,1-2H3,(H,15,16)(H,17,18). The number of benzene rings is 1. The molecule has 98 valence electrons. The number of amides is 1. The van der Waals surface area contributed by atoms with Crippen LogP contribution in [0.1, 0.15) is 18.1 Å². The molecule has 18 heavy (non-hydrogen) atoms. The molecule has 6 heteroatoms. The van der Waals surface area contributed by atoms with E-state index in [1.807, 2.05) is 0 Å². The number of rotatable bonds is 4. The van der Waals surface area contributed by atoms with Gasteiger partial charge in [0.2, 0.25) is 5.91 Å². The monoisotopic (exact) mass is 317 g/mol. The molecule has 0 aliphatic rings. The number of nitrogens with one attached hydrogen (secondary N) is 1. The predicted molar refractivity (Wildman–Crippen MR) is 67.5 cm³/mol. The Morgan fingerprint density at radius 3 is 2.61 bits per heavy atom. The van der Waals surface area contributed by atoms with Gasteiger partial charge in [-0.15, -0.1) is 0 Å². The van der Waals surface area contributed by atoms with Crippen LogP contribution in [0, 0.1) is 18.7 Å². The number of hydrogen-bond donors (Lipinski definition) is 2. The fraction of sp³-hybridized carbons (Fsp3) is 0.333. The van der Waals surface area contributed by atoms with Gasteiger partial charge in [-0.3, -0.25) is 9.59 Å². The van der Waals surface area contributed by atoms with Gasteiger partial charge in [0.1, 0.15) is 11.7 Å². The van der Waals surface area contributed by atoms with Crippen molar-refractivity contribution < 1.29 is 19.1 Å². The van der Waals surface area contributed by atoms with Crippen molar-refractivity contribution >= 4 is 27.8 Å². The molecule has 2 N–H and O–H groups in total. The van der Waals surface area contributed by atoms with E-state index in [9.17, 15) is 14.0 Å². The van der Waals surface area contributed by atoms with Crippen LogP contribution in [-0.4, -0.2) is 17.0 Å². The van der Waals surface area contributed by atoms with Crippen LogP contribution in [0.3, 0.4) is 0 Å². The molecule has 0 radical (unpaired) electrons. The van der Waals surface area contributed by atoms with Crippen molar-refractivity contribution in [3.05, 3.63) is 33.5 Å². The minimum atomic E-state index is -1.21. The third-order valence-corrected chi connectivity index (χ3v) is 3.04. The number of carboxylic acids is 1. The number of carboxylic acid groups (broad SMARTS) is 1. The van der Waals surface area contributed by atoms with Crippen LogP contribution in [0.4, 0.5) is 4.39 Å². The van der Waals surface area contributed by atoms with E-state index in [0.717, 1.165) is 0 Å². The molecule has 0 heterocycles. The highest BCUT2D eigenvalue weighted by atomic mass is 79.9. The maximum absolute atomic E-state index is 13.6. The van der Waals surface area contributed by atoms with E-state index in [4.69, 9.17) is 5.11 Å². The minimum absolute atomic E-state index is 0.0264. The molecular weight excluding hydrogens is 305 g/mol. The molecule has 0 aromatic heterocycles. The van der Waals surface area contributed by atoms with E-state index in [1.165, 1.54) is 13.0 Å². The summed E-state index contributed by atoms with van der Waals surface area (Å²) in [6.07, 6.45) is 0. The third kappa shape index (κ3) is 3.53. The second kappa shape index (κ2) is 5.95. The molecular formula is C12H13BrFNO3. The Hall–Kier alpha value is -1.43. The van der Waals surface area contributed by atoms with Crippen molar-refractivity contribution in [2.75, 3.05) is 0 Å². The second-order valence-corrected chi connectivity index (χ2v) is 4.88. The lowest BCUT2D eigenvalue weighted by Crippen LogP contribution is -2.33. The van der Waals surface area contributed by atoms with Gasteiger partial charge in [0, 0.05) is 16.6 Å². The first-order chi connectivity index (χ1) is 8.32. The number of halogens is 2. The molecule has 0 fully saturated rings. The summed E-state index contributed by atoms with van der Waals surface area (Å²) < 4.78 is 14.2. The second-order valence-electron chi connectivity index (χ2n) is 3.96. The van der Waals surface area contributed by atoms with Crippen molar-refractivity contribution in [2.24, 2.45) is 5.92 Å². The molecule has 1 aromatic carbocycles. The molecule has 4 nitrogen and oxygen atoms in total. The van der Waals surface area contributed by atoms with E-state index in [1.54, 1.807) is 13.0 Å². The SMILES string of the molecule is Cc1cc(Br)cc(F)c1CNC(=O)C(C)C(=O)O. The molecule has 0 bridgehead atoms. The lowest BCUT2D eigenvalue weighted by Gasteiger charge is -2.11. The average molecular weight is 318 g/mol. The fourth-order valence-corrected chi connectivity index (χ4v) is 1.94. The molecule has 1 rings (SSSR count). The Morgan fingerprint density at radius 2 is 2.11 bits per heavy atom. The minimum Gasteiger partial charge on any atom is -0.481 e. The lowest BCUT2D eigenvalue weighted by atomic mass is 10.1. The number of carbonyl (C=O) groups excluding carboxylic acids is 1. The molecule has 1 unspecified atom stereocenters. The summed E-state index contributed by atoms with van der Waals surface area (Å²) in [6, 6.07) is 3.03. The van der Waals surface area contributed by atoms with Gasteiger partial charge < -0.3 is 10.4 Å². The van der Waals surface area contributed by atoms with Crippen LogP contribution in [0.25, 0.3) is 0 Å². The molecule has 0 aliphatic heterocycles. The molecule has 0 aliphatic carbocycles. The summed E-state index contributed by atoms with van der Waals surface area (Å²) in [5.74, 6) is -3.43. The van der Waals surface area contributed by atoms with Gasteiger partial charge in [-0.05, 0) is 31.5 Å². The van der Waals surface area contributed by atoms with E-state index < -0.39 is 23.6 Å². The normalized spacial score (nSPS) is 12.0. The predicted octanol–water partition coefficient (Wildman–Crippen LogP) is 2.23. The van der Waals surface area contributed by atoms with Gasteiger partial charge in [0.25, 0.3) is 0 Å². The van der Waals surface area contributed by atoms with Crippen LogP contribution in [0.5, 0.6) is 0 Å². The number of hydrogen-bond acceptors (Lipinski definition) is 2. The van der Waals surface area contributed by atoms with Crippen molar-refractivity contribution in [2.45, 2.75) is 20.4 Å². The summed E-state index contributed by atoms with van der Waals surface area (Å²) >= 11 is 3.16. The Balaban J connectivity index is 2.76. The average Bonchev–Trinajstić information content (AvgIpc) is 2.25. The van der Waals surface area contributed by atoms with Crippen LogP contribution in [-0.2, 0) is 16.1 Å². The number of aryl methyl sites for hydroxylation is 1. The molecule has 1 atom stereocenters. The van der Waals surface area contributed by atoms with E-state index in [0.29, 0.717) is 15.6 Å². The third-order valence-electron chi connectivity index (χ3n) is 2.59. The van der Waals surface area contributed by atoms with Crippen LogP contribution < -0.4 is 5.32 Å². The summed E-state index contributed by atoms with van der Waals surface area (Å²) in [7, 11) is 0. The van der Waals surface area contributed by atoms with Gasteiger partial charge in [0.05, 0.1) is 0 Å². The highest BCUT2D eigenvalue weighted by Gasteiger charge is 2.20. The molecule has 0 spiro atoms. The first kappa shape index (κ1) is 14.6. The van der Waals surface area contributed by atoms with E-state index in [2.05, 4.69) is 21.2 Å². The highest BCUT2D eigenvalue weighted by Crippen LogP contribution is 2.19. The summed E-state index contributed by atoms with van der Waals surface area (Å²) in [5.41, 5.74) is 1.04. The Bertz CT molecular complexity index is 467. The number of carbonyl (C=O) groups is 2. The van der Waals surface area contributed by atoms with Gasteiger partial charge in [0.15, 0.2) is 0 Å². The topological polar surface area (TPSA) is 66.4 Å².